The average Bonchev–Trinajstić information content (AvgIpc) is 3.28. The Kier molecular flexibility index (Phi) is 3.44. The molecule has 130 valence electrons. The SMILES string of the molecule is CCn1c(O)cc(-c2cc(O)n(CC3CC4CCC3C4)c2O)c1O. The van der Waals surface area contributed by atoms with Crippen LogP contribution in [0.3, 0.4) is 0 Å². The Balaban J connectivity index is 1.67. The maximum absolute atomic E-state index is 10.6. The maximum atomic E-state index is 10.6. The molecule has 0 aromatic carbocycles. The van der Waals surface area contributed by atoms with Crippen LogP contribution in [0.25, 0.3) is 11.1 Å². The van der Waals surface area contributed by atoms with E-state index in [2.05, 4.69) is 0 Å². The summed E-state index contributed by atoms with van der Waals surface area (Å²) in [4.78, 5) is 0. The van der Waals surface area contributed by atoms with Crippen LogP contribution in [-0.4, -0.2) is 29.6 Å². The van der Waals surface area contributed by atoms with Crippen LogP contribution in [0.15, 0.2) is 12.1 Å². The lowest BCUT2D eigenvalue weighted by Gasteiger charge is -2.22. The first kappa shape index (κ1) is 15.3. The van der Waals surface area contributed by atoms with Crippen molar-refractivity contribution in [3.8, 4) is 34.6 Å². The molecule has 0 spiro atoms. The van der Waals surface area contributed by atoms with E-state index in [4.69, 9.17) is 0 Å². The molecule has 24 heavy (non-hydrogen) atoms. The van der Waals surface area contributed by atoms with E-state index >= 15 is 0 Å². The fourth-order valence-electron chi connectivity index (χ4n) is 4.77. The van der Waals surface area contributed by atoms with Crippen LogP contribution >= 0.6 is 0 Å². The van der Waals surface area contributed by atoms with Gasteiger partial charge < -0.3 is 20.4 Å². The number of hydrogen-bond donors (Lipinski definition) is 4. The quantitative estimate of drug-likeness (QED) is 0.692. The normalized spacial score (nSPS) is 25.6. The molecule has 4 N–H and O–H groups in total. The molecule has 4 rings (SSSR count). The Morgan fingerprint density at radius 1 is 0.917 bits per heavy atom. The van der Waals surface area contributed by atoms with Crippen LogP contribution in [0.2, 0.25) is 0 Å². The fraction of sp³-hybridized carbons (Fsp3) is 0.556. The van der Waals surface area contributed by atoms with E-state index in [0.29, 0.717) is 36.1 Å². The van der Waals surface area contributed by atoms with E-state index in [-0.39, 0.29) is 23.5 Å². The number of aromatic nitrogens is 2. The molecule has 2 heterocycles. The van der Waals surface area contributed by atoms with Crippen LogP contribution in [0.5, 0.6) is 23.5 Å². The summed E-state index contributed by atoms with van der Waals surface area (Å²) in [7, 11) is 0. The van der Waals surface area contributed by atoms with E-state index in [9.17, 15) is 20.4 Å². The minimum atomic E-state index is -0.109. The zero-order chi connectivity index (χ0) is 17.0. The first-order valence-electron chi connectivity index (χ1n) is 8.72. The number of rotatable bonds is 4. The molecule has 6 nitrogen and oxygen atoms in total. The number of hydrogen-bond acceptors (Lipinski definition) is 4. The summed E-state index contributed by atoms with van der Waals surface area (Å²) < 4.78 is 2.87. The van der Waals surface area contributed by atoms with E-state index in [1.807, 2.05) is 0 Å². The van der Waals surface area contributed by atoms with E-state index in [1.54, 1.807) is 6.92 Å². The molecule has 0 radical (unpaired) electrons. The fourth-order valence-corrected chi connectivity index (χ4v) is 4.77. The second kappa shape index (κ2) is 5.40. The highest BCUT2D eigenvalue weighted by molar-refractivity contribution is 5.76. The predicted octanol–water partition coefficient (Wildman–Crippen LogP) is 3.24. The van der Waals surface area contributed by atoms with Gasteiger partial charge in [-0.25, -0.2) is 0 Å². The molecule has 6 heteroatoms. The van der Waals surface area contributed by atoms with Gasteiger partial charge in [-0.2, -0.15) is 0 Å². The summed E-state index contributed by atoms with van der Waals surface area (Å²) >= 11 is 0. The lowest BCUT2D eigenvalue weighted by molar-refractivity contribution is 0.266. The second-order valence-corrected chi connectivity index (χ2v) is 7.27. The molecule has 0 amide bonds. The minimum Gasteiger partial charge on any atom is -0.494 e. The Labute approximate surface area is 140 Å². The molecular formula is C18H24N2O4. The van der Waals surface area contributed by atoms with Gasteiger partial charge in [-0.15, -0.1) is 0 Å². The average molecular weight is 332 g/mol. The largest absolute Gasteiger partial charge is 0.494 e. The smallest absolute Gasteiger partial charge is 0.202 e. The van der Waals surface area contributed by atoms with E-state index in [0.717, 1.165) is 12.3 Å². The Bertz CT molecular complexity index is 777. The Morgan fingerprint density at radius 2 is 1.54 bits per heavy atom. The van der Waals surface area contributed by atoms with Crippen molar-refractivity contribution in [2.75, 3.05) is 0 Å². The van der Waals surface area contributed by atoms with Gasteiger partial charge >= 0.3 is 0 Å². The van der Waals surface area contributed by atoms with Crippen LogP contribution in [-0.2, 0) is 13.1 Å². The van der Waals surface area contributed by atoms with Crippen molar-refractivity contribution in [1.82, 2.24) is 9.13 Å². The first-order chi connectivity index (χ1) is 11.5. The summed E-state index contributed by atoms with van der Waals surface area (Å²) in [6.07, 6.45) is 5.00. The van der Waals surface area contributed by atoms with Gasteiger partial charge in [-0.05, 0) is 43.9 Å². The molecular weight excluding hydrogens is 308 g/mol. The summed E-state index contributed by atoms with van der Waals surface area (Å²) in [5.74, 6) is 1.75. The molecule has 3 atom stereocenters. The lowest BCUT2D eigenvalue weighted by Crippen LogP contribution is -2.16. The Morgan fingerprint density at radius 3 is 2.04 bits per heavy atom. The summed E-state index contributed by atoms with van der Waals surface area (Å²) in [5.41, 5.74) is 0.671. The highest BCUT2D eigenvalue weighted by Crippen LogP contribution is 2.50. The second-order valence-electron chi connectivity index (χ2n) is 7.27. The zero-order valence-corrected chi connectivity index (χ0v) is 13.8. The standard InChI is InChI=1S/C18H24N2O4/c1-2-19-15(21)7-13(17(19)23)14-8-16(22)20(18(14)24)9-12-6-10-3-4-11(12)5-10/h7-8,10-12,21-24H,2-6,9H2,1H3. The predicted molar refractivity (Wildman–Crippen MR) is 89.1 cm³/mol. The van der Waals surface area contributed by atoms with Crippen LogP contribution in [0.1, 0.15) is 32.6 Å². The van der Waals surface area contributed by atoms with Crippen LogP contribution < -0.4 is 0 Å². The first-order valence-corrected chi connectivity index (χ1v) is 8.72. The van der Waals surface area contributed by atoms with E-state index < -0.39 is 0 Å². The van der Waals surface area contributed by atoms with Crippen molar-refractivity contribution in [3.05, 3.63) is 12.1 Å². The molecule has 2 aromatic heterocycles. The van der Waals surface area contributed by atoms with Crippen molar-refractivity contribution in [2.24, 2.45) is 17.8 Å². The third-order valence-electron chi connectivity index (χ3n) is 6.00. The van der Waals surface area contributed by atoms with Crippen molar-refractivity contribution in [1.29, 1.82) is 0 Å². The van der Waals surface area contributed by atoms with Gasteiger partial charge in [-0.3, -0.25) is 9.13 Å². The van der Waals surface area contributed by atoms with Crippen LogP contribution in [0.4, 0.5) is 0 Å². The van der Waals surface area contributed by atoms with Gasteiger partial charge in [-0.1, -0.05) is 6.42 Å². The maximum Gasteiger partial charge on any atom is 0.202 e. The van der Waals surface area contributed by atoms with E-state index in [1.165, 1.54) is 40.5 Å². The topological polar surface area (TPSA) is 90.8 Å². The molecule has 2 fully saturated rings. The van der Waals surface area contributed by atoms with Gasteiger partial charge in [0.25, 0.3) is 0 Å². The molecule has 2 aliphatic rings. The number of nitrogens with zero attached hydrogens (tertiary/aromatic N) is 2. The van der Waals surface area contributed by atoms with Crippen molar-refractivity contribution < 1.29 is 20.4 Å². The molecule has 2 bridgehead atoms. The van der Waals surface area contributed by atoms with Crippen molar-refractivity contribution in [3.63, 3.8) is 0 Å². The third-order valence-corrected chi connectivity index (χ3v) is 6.00. The van der Waals surface area contributed by atoms with Gasteiger partial charge in [0.2, 0.25) is 11.8 Å². The summed E-state index contributed by atoms with van der Waals surface area (Å²) in [5, 5.41) is 41.0. The molecule has 0 saturated heterocycles. The highest BCUT2D eigenvalue weighted by atomic mass is 16.3. The van der Waals surface area contributed by atoms with Crippen molar-refractivity contribution in [2.45, 2.75) is 45.7 Å². The molecule has 2 aliphatic carbocycles. The molecule has 0 aliphatic heterocycles. The summed E-state index contributed by atoms with van der Waals surface area (Å²) in [6.45, 7) is 2.82. The van der Waals surface area contributed by atoms with Gasteiger partial charge in [0.1, 0.15) is 0 Å². The third kappa shape index (κ3) is 2.16. The molecule has 2 aromatic rings. The lowest BCUT2D eigenvalue weighted by atomic mass is 9.89. The Hall–Kier alpha value is -2.24. The monoisotopic (exact) mass is 332 g/mol. The molecule has 2 saturated carbocycles. The zero-order valence-electron chi connectivity index (χ0n) is 13.8. The van der Waals surface area contributed by atoms with Gasteiger partial charge in [0.05, 0.1) is 11.1 Å². The van der Waals surface area contributed by atoms with Gasteiger partial charge in [0.15, 0.2) is 11.8 Å². The van der Waals surface area contributed by atoms with Crippen molar-refractivity contribution >= 4 is 0 Å². The number of fused-ring (bicyclic) bond motifs is 2. The van der Waals surface area contributed by atoms with Gasteiger partial charge in [0, 0.05) is 25.2 Å². The molecule has 3 unspecified atom stereocenters. The summed E-state index contributed by atoms with van der Waals surface area (Å²) in [6, 6.07) is 2.87. The highest BCUT2D eigenvalue weighted by Gasteiger charge is 2.40. The minimum absolute atomic E-state index is 0.00610. The number of aromatic hydroxyl groups is 4. The van der Waals surface area contributed by atoms with Crippen LogP contribution in [0, 0.1) is 17.8 Å².